The quantitative estimate of drug-likeness (QED) is 0.408. The van der Waals surface area contributed by atoms with Crippen LogP contribution in [0.25, 0.3) is 11.0 Å². The van der Waals surface area contributed by atoms with Gasteiger partial charge in [0, 0.05) is 62.0 Å². The summed E-state index contributed by atoms with van der Waals surface area (Å²) in [5.74, 6) is 1.73. The largest absolute Gasteiger partial charge is 0.491 e. The normalized spacial score (nSPS) is 18.7. The molecule has 1 atom stereocenters. The summed E-state index contributed by atoms with van der Waals surface area (Å²) in [7, 11) is 0. The molecular weight excluding hydrogens is 508 g/mol. The molecule has 210 valence electrons. The van der Waals surface area contributed by atoms with E-state index in [1.165, 1.54) is 0 Å². The predicted octanol–water partition coefficient (Wildman–Crippen LogP) is 3.66. The first-order chi connectivity index (χ1) is 19.6. The van der Waals surface area contributed by atoms with Crippen LogP contribution < -0.4 is 15.4 Å². The molecule has 0 bridgehead atoms. The zero-order chi connectivity index (χ0) is 27.6. The highest BCUT2D eigenvalue weighted by molar-refractivity contribution is 5.98. The van der Waals surface area contributed by atoms with Gasteiger partial charge in [-0.25, -0.2) is 0 Å². The van der Waals surface area contributed by atoms with Crippen LogP contribution in [0.15, 0.2) is 18.3 Å². The minimum Gasteiger partial charge on any atom is -0.491 e. The zero-order valence-corrected chi connectivity index (χ0v) is 23.1. The number of anilines is 3. The van der Waals surface area contributed by atoms with Crippen LogP contribution in [0, 0.1) is 11.3 Å². The van der Waals surface area contributed by atoms with E-state index in [0.717, 1.165) is 69.9 Å². The molecule has 2 fully saturated rings. The monoisotopic (exact) mass is 544 g/mol. The number of aromatic amines is 1. The summed E-state index contributed by atoms with van der Waals surface area (Å²) < 4.78 is 11.5. The summed E-state index contributed by atoms with van der Waals surface area (Å²) in [6, 6.07) is 6.68. The summed E-state index contributed by atoms with van der Waals surface area (Å²) in [4.78, 5) is 30.5. The molecule has 2 saturated heterocycles. The summed E-state index contributed by atoms with van der Waals surface area (Å²) in [6.07, 6.45) is 5.21. The van der Waals surface area contributed by atoms with E-state index in [1.54, 1.807) is 6.20 Å². The van der Waals surface area contributed by atoms with Crippen LogP contribution in [0.3, 0.4) is 0 Å². The highest BCUT2D eigenvalue weighted by Gasteiger charge is 2.31. The number of nitrogens with zero attached hydrogens (tertiary/aromatic N) is 5. The number of fused-ring (bicyclic) bond motifs is 2. The third kappa shape index (κ3) is 5.05. The number of morpholine rings is 1. The van der Waals surface area contributed by atoms with E-state index in [4.69, 9.17) is 14.5 Å². The van der Waals surface area contributed by atoms with E-state index in [9.17, 15) is 10.1 Å². The predicted molar refractivity (Wildman–Crippen MR) is 152 cm³/mol. The van der Waals surface area contributed by atoms with Gasteiger partial charge >= 0.3 is 0 Å². The second kappa shape index (κ2) is 11.3. The number of H-pyrrole nitrogens is 1. The van der Waals surface area contributed by atoms with Gasteiger partial charge in [-0.05, 0) is 38.3 Å². The van der Waals surface area contributed by atoms with E-state index in [1.807, 2.05) is 17.0 Å². The van der Waals surface area contributed by atoms with Gasteiger partial charge in [0.05, 0.1) is 36.5 Å². The Hall–Kier alpha value is -3.88. The molecule has 1 amide bonds. The Morgan fingerprint density at radius 3 is 2.75 bits per heavy atom. The van der Waals surface area contributed by atoms with Gasteiger partial charge in [0.2, 0.25) is 5.95 Å². The van der Waals surface area contributed by atoms with Crippen LogP contribution >= 0.6 is 0 Å². The summed E-state index contributed by atoms with van der Waals surface area (Å²) in [5, 5.41) is 17.0. The lowest BCUT2D eigenvalue weighted by Gasteiger charge is -2.40. The van der Waals surface area contributed by atoms with E-state index in [0.29, 0.717) is 58.7 Å². The fraction of sp³-hybridized carbons (Fsp3) is 0.517. The van der Waals surface area contributed by atoms with Crippen molar-refractivity contribution in [2.24, 2.45) is 0 Å². The molecule has 0 spiro atoms. The maximum absolute atomic E-state index is 13.6. The highest BCUT2D eigenvalue weighted by atomic mass is 16.5. The Morgan fingerprint density at radius 2 is 2.00 bits per heavy atom. The van der Waals surface area contributed by atoms with Crippen LogP contribution in [0.5, 0.6) is 5.75 Å². The number of carbonyl (C=O) groups is 1. The van der Waals surface area contributed by atoms with Gasteiger partial charge in [0.25, 0.3) is 5.91 Å². The van der Waals surface area contributed by atoms with Gasteiger partial charge in [-0.1, -0.05) is 6.92 Å². The average molecular weight is 545 g/mol. The number of rotatable bonds is 7. The Bertz CT molecular complexity index is 1430. The van der Waals surface area contributed by atoms with Crippen molar-refractivity contribution in [3.05, 3.63) is 35.0 Å². The smallest absolute Gasteiger partial charge is 0.254 e. The molecule has 40 heavy (non-hydrogen) atoms. The molecule has 0 radical (unpaired) electrons. The lowest BCUT2D eigenvalue weighted by molar-refractivity contribution is 0.00158. The van der Waals surface area contributed by atoms with Crippen molar-refractivity contribution < 1.29 is 14.3 Å². The molecular formula is C29H36N8O3. The number of benzene rings is 1. The van der Waals surface area contributed by atoms with Crippen molar-refractivity contribution in [1.82, 2.24) is 24.8 Å². The molecule has 1 unspecified atom stereocenters. The van der Waals surface area contributed by atoms with Gasteiger partial charge in [0.1, 0.15) is 23.3 Å². The van der Waals surface area contributed by atoms with Gasteiger partial charge < -0.3 is 30.0 Å². The summed E-state index contributed by atoms with van der Waals surface area (Å²) in [5.41, 5.74) is 3.42. The van der Waals surface area contributed by atoms with Crippen LogP contribution in [-0.2, 0) is 11.2 Å². The number of likely N-dealkylation sites (tertiary alicyclic amines) is 1. The fourth-order valence-electron chi connectivity index (χ4n) is 5.88. The van der Waals surface area contributed by atoms with Gasteiger partial charge in [-0.3, -0.25) is 9.69 Å². The average Bonchev–Trinajstić information content (AvgIpc) is 3.65. The van der Waals surface area contributed by atoms with Crippen molar-refractivity contribution in [2.45, 2.75) is 51.6 Å². The zero-order valence-electron chi connectivity index (χ0n) is 23.1. The molecule has 11 heteroatoms. The number of nitriles is 1. The molecule has 2 aromatic heterocycles. The number of hydrogen-bond acceptors (Lipinski definition) is 9. The van der Waals surface area contributed by atoms with Crippen molar-refractivity contribution >= 4 is 34.4 Å². The topological polar surface area (TPSA) is 131 Å². The van der Waals surface area contributed by atoms with E-state index < -0.39 is 0 Å². The molecule has 6 rings (SSSR count). The van der Waals surface area contributed by atoms with Crippen LogP contribution in [-0.4, -0.2) is 88.7 Å². The Balaban J connectivity index is 1.22. The molecule has 11 nitrogen and oxygen atoms in total. The fourth-order valence-corrected chi connectivity index (χ4v) is 5.88. The van der Waals surface area contributed by atoms with Gasteiger partial charge in [-0.15, -0.1) is 0 Å². The van der Waals surface area contributed by atoms with Gasteiger partial charge in [0.15, 0.2) is 0 Å². The molecule has 3 aliphatic heterocycles. The first kappa shape index (κ1) is 26.3. The minimum atomic E-state index is 0.0712. The second-order valence-corrected chi connectivity index (χ2v) is 10.8. The number of piperidine rings is 1. The minimum absolute atomic E-state index is 0.0712. The third-order valence-electron chi connectivity index (χ3n) is 8.30. The number of nitrogens with one attached hydrogen (secondary N) is 3. The Kier molecular flexibility index (Phi) is 7.45. The first-order valence-corrected chi connectivity index (χ1v) is 14.3. The molecule has 3 N–H and O–H groups in total. The number of aromatic nitrogens is 3. The van der Waals surface area contributed by atoms with E-state index in [2.05, 4.69) is 45.4 Å². The molecule has 3 aromatic rings. The highest BCUT2D eigenvalue weighted by Crippen LogP contribution is 2.39. The maximum atomic E-state index is 13.6. The number of ether oxygens (including phenoxy) is 2. The molecule has 0 aliphatic carbocycles. The van der Waals surface area contributed by atoms with E-state index in [-0.39, 0.29) is 11.9 Å². The summed E-state index contributed by atoms with van der Waals surface area (Å²) in [6.45, 7) is 9.76. The van der Waals surface area contributed by atoms with Crippen molar-refractivity contribution in [3.8, 4) is 11.8 Å². The molecule has 0 saturated carbocycles. The Morgan fingerprint density at radius 1 is 1.20 bits per heavy atom. The number of hydrogen-bond donors (Lipinski definition) is 3. The van der Waals surface area contributed by atoms with Crippen molar-refractivity contribution in [3.63, 3.8) is 0 Å². The Labute approximate surface area is 233 Å². The van der Waals surface area contributed by atoms with Gasteiger partial charge in [-0.2, -0.15) is 15.2 Å². The van der Waals surface area contributed by atoms with Crippen LogP contribution in [0.1, 0.15) is 54.6 Å². The summed E-state index contributed by atoms with van der Waals surface area (Å²) >= 11 is 0. The molecule has 5 heterocycles. The van der Waals surface area contributed by atoms with Crippen LogP contribution in [0.2, 0.25) is 0 Å². The maximum Gasteiger partial charge on any atom is 0.254 e. The standard InChI is InChI=1S/C29H36N8O3/c1-3-18(2)32-27-24-19(16-30)17-31-26(24)34-29(35-27)33-23-5-4-22(21-8-13-40-25(21)23)28(38)37-9-6-20(7-10-37)36-11-14-39-15-12-36/h4-5,17-18,20H,3,6-15H2,1-2H3,(H3,31,32,33,34,35). The first-order valence-electron chi connectivity index (χ1n) is 14.3. The van der Waals surface area contributed by atoms with E-state index >= 15 is 0 Å². The molecule has 1 aromatic carbocycles. The number of carbonyl (C=O) groups excluding carboxylic acids is 1. The molecule has 3 aliphatic rings. The van der Waals surface area contributed by atoms with Crippen LogP contribution in [0.4, 0.5) is 17.5 Å². The van der Waals surface area contributed by atoms with Crippen molar-refractivity contribution in [2.75, 3.05) is 56.6 Å². The lowest BCUT2D eigenvalue weighted by atomic mass is 9.99. The second-order valence-electron chi connectivity index (χ2n) is 10.8. The third-order valence-corrected chi connectivity index (χ3v) is 8.30. The number of amides is 1. The van der Waals surface area contributed by atoms with Crippen molar-refractivity contribution in [1.29, 1.82) is 5.26 Å². The SMILES string of the molecule is CCC(C)Nc1nc(Nc2ccc(C(=O)N3CCC(N4CCOCC4)CC3)c3c2OCC3)nc2[nH]cc(C#N)c12. The lowest BCUT2D eigenvalue weighted by Crippen LogP contribution is -2.50.